The Labute approximate surface area is 167 Å². The Bertz CT molecular complexity index is 489. The molecular weight excluding hydrogens is 431 g/mol. The van der Waals surface area contributed by atoms with Crippen LogP contribution in [0, 0.1) is 11.8 Å². The summed E-state index contributed by atoms with van der Waals surface area (Å²) >= 11 is 1.86. The summed E-state index contributed by atoms with van der Waals surface area (Å²) < 4.78 is 0. The number of hydrogen-bond acceptors (Lipinski definition) is 3. The quantitative estimate of drug-likeness (QED) is 0.422. The zero-order valence-corrected chi connectivity index (χ0v) is 17.8. The number of piperidine rings is 2. The van der Waals surface area contributed by atoms with E-state index in [0.29, 0.717) is 5.92 Å². The van der Waals surface area contributed by atoms with E-state index in [4.69, 9.17) is 10.7 Å². The molecule has 0 bridgehead atoms. The second kappa shape index (κ2) is 9.97. The molecule has 24 heavy (non-hydrogen) atoms. The van der Waals surface area contributed by atoms with Crippen LogP contribution >= 0.6 is 35.3 Å². The van der Waals surface area contributed by atoms with Crippen LogP contribution < -0.4 is 5.73 Å². The highest BCUT2D eigenvalue weighted by Crippen LogP contribution is 2.21. The standard InChI is InChI=1S/C18H30N4S.HI/c1-15-4-10-22(11-5-15)18(19)20-13-16-6-8-21(9-7-16)14-17-3-2-12-23-17;/h2-3,12,15-16H,4-11,13-14H2,1H3,(H2,19,20);1H. The average Bonchev–Trinajstić information content (AvgIpc) is 3.07. The third-order valence-corrected chi connectivity index (χ3v) is 6.15. The number of halogens is 1. The van der Waals surface area contributed by atoms with E-state index in [1.54, 1.807) is 0 Å². The highest BCUT2D eigenvalue weighted by Gasteiger charge is 2.20. The summed E-state index contributed by atoms with van der Waals surface area (Å²) in [5.41, 5.74) is 6.20. The average molecular weight is 462 g/mol. The van der Waals surface area contributed by atoms with Gasteiger partial charge in [0, 0.05) is 31.1 Å². The molecule has 0 spiro atoms. The Morgan fingerprint density at radius 2 is 1.92 bits per heavy atom. The topological polar surface area (TPSA) is 44.9 Å². The first-order valence-electron chi connectivity index (χ1n) is 9.00. The molecule has 136 valence electrons. The lowest BCUT2D eigenvalue weighted by molar-refractivity contribution is 0.181. The minimum Gasteiger partial charge on any atom is -0.370 e. The maximum atomic E-state index is 6.20. The van der Waals surface area contributed by atoms with Crippen LogP contribution in [0.3, 0.4) is 0 Å². The Morgan fingerprint density at radius 3 is 2.54 bits per heavy atom. The summed E-state index contributed by atoms with van der Waals surface area (Å²) in [5, 5.41) is 2.17. The number of nitrogens with two attached hydrogens (primary N) is 1. The van der Waals surface area contributed by atoms with Crippen molar-refractivity contribution >= 4 is 41.3 Å². The molecule has 3 heterocycles. The summed E-state index contributed by atoms with van der Waals surface area (Å²) in [6.45, 7) is 8.89. The fraction of sp³-hybridized carbons (Fsp3) is 0.722. The van der Waals surface area contributed by atoms with Crippen molar-refractivity contribution in [1.29, 1.82) is 0 Å². The predicted octanol–water partition coefficient (Wildman–Crippen LogP) is 3.62. The summed E-state index contributed by atoms with van der Waals surface area (Å²) in [6.07, 6.45) is 4.99. The number of rotatable bonds is 4. The van der Waals surface area contributed by atoms with Gasteiger partial charge in [-0.25, -0.2) is 0 Å². The largest absolute Gasteiger partial charge is 0.370 e. The summed E-state index contributed by atoms with van der Waals surface area (Å²) in [5.74, 6) is 2.32. The van der Waals surface area contributed by atoms with Crippen LogP contribution in [0.4, 0.5) is 0 Å². The van der Waals surface area contributed by atoms with Gasteiger partial charge in [0.05, 0.1) is 0 Å². The van der Waals surface area contributed by atoms with Crippen molar-refractivity contribution in [1.82, 2.24) is 9.80 Å². The first-order chi connectivity index (χ1) is 11.2. The van der Waals surface area contributed by atoms with E-state index in [9.17, 15) is 0 Å². The van der Waals surface area contributed by atoms with Crippen molar-refractivity contribution in [3.63, 3.8) is 0 Å². The van der Waals surface area contributed by atoms with Crippen LogP contribution in [0.5, 0.6) is 0 Å². The first-order valence-corrected chi connectivity index (χ1v) is 9.88. The van der Waals surface area contributed by atoms with Gasteiger partial charge in [0.25, 0.3) is 0 Å². The van der Waals surface area contributed by atoms with Gasteiger partial charge in [0.15, 0.2) is 5.96 Å². The smallest absolute Gasteiger partial charge is 0.191 e. The van der Waals surface area contributed by atoms with Crippen molar-refractivity contribution in [2.45, 2.75) is 39.2 Å². The third kappa shape index (κ3) is 5.88. The second-order valence-electron chi connectivity index (χ2n) is 7.17. The first kappa shape index (κ1) is 20.0. The van der Waals surface area contributed by atoms with Crippen LogP contribution in [-0.4, -0.2) is 48.5 Å². The molecule has 1 aromatic heterocycles. The molecule has 0 atom stereocenters. The van der Waals surface area contributed by atoms with Gasteiger partial charge in [-0.1, -0.05) is 13.0 Å². The van der Waals surface area contributed by atoms with Gasteiger partial charge >= 0.3 is 0 Å². The fourth-order valence-electron chi connectivity index (χ4n) is 3.51. The molecule has 0 aromatic carbocycles. The Kier molecular flexibility index (Phi) is 8.30. The Morgan fingerprint density at radius 1 is 1.21 bits per heavy atom. The van der Waals surface area contributed by atoms with E-state index in [0.717, 1.165) is 38.1 Å². The van der Waals surface area contributed by atoms with Crippen LogP contribution in [0.15, 0.2) is 22.5 Å². The summed E-state index contributed by atoms with van der Waals surface area (Å²) in [6, 6.07) is 4.38. The number of likely N-dealkylation sites (tertiary alicyclic amines) is 2. The highest BCUT2D eigenvalue weighted by molar-refractivity contribution is 14.0. The molecule has 2 aliphatic rings. The van der Waals surface area contributed by atoms with Crippen LogP contribution in [0.25, 0.3) is 0 Å². The molecule has 0 saturated carbocycles. The maximum absolute atomic E-state index is 6.20. The lowest BCUT2D eigenvalue weighted by Gasteiger charge is -2.32. The highest BCUT2D eigenvalue weighted by atomic mass is 127. The molecule has 2 aliphatic heterocycles. The molecule has 2 N–H and O–H groups in total. The van der Waals surface area contributed by atoms with Gasteiger partial charge in [-0.05, 0) is 62.1 Å². The molecular formula is C18H31IN4S. The van der Waals surface area contributed by atoms with Gasteiger partial charge in [-0.3, -0.25) is 9.89 Å². The van der Waals surface area contributed by atoms with E-state index >= 15 is 0 Å². The minimum absolute atomic E-state index is 0. The summed E-state index contributed by atoms with van der Waals surface area (Å²) in [7, 11) is 0. The van der Waals surface area contributed by atoms with E-state index in [1.807, 2.05) is 11.3 Å². The SMILES string of the molecule is CC1CCN(C(N)=NCC2CCN(Cc3cccs3)CC2)CC1.I. The maximum Gasteiger partial charge on any atom is 0.191 e. The van der Waals surface area contributed by atoms with Crippen LogP contribution in [0.2, 0.25) is 0 Å². The van der Waals surface area contributed by atoms with E-state index in [-0.39, 0.29) is 24.0 Å². The predicted molar refractivity (Wildman–Crippen MR) is 114 cm³/mol. The van der Waals surface area contributed by atoms with Gasteiger partial charge in [-0.2, -0.15) is 0 Å². The summed E-state index contributed by atoms with van der Waals surface area (Å²) in [4.78, 5) is 11.0. The van der Waals surface area contributed by atoms with Gasteiger partial charge in [-0.15, -0.1) is 35.3 Å². The van der Waals surface area contributed by atoms with E-state index in [2.05, 4.69) is 34.2 Å². The van der Waals surface area contributed by atoms with Crippen molar-refractivity contribution in [3.8, 4) is 0 Å². The second-order valence-corrected chi connectivity index (χ2v) is 8.20. The molecule has 2 saturated heterocycles. The zero-order valence-electron chi connectivity index (χ0n) is 14.7. The third-order valence-electron chi connectivity index (χ3n) is 5.29. The fourth-order valence-corrected chi connectivity index (χ4v) is 4.26. The number of thiophene rings is 1. The molecule has 3 rings (SSSR count). The van der Waals surface area contributed by atoms with Gasteiger partial charge < -0.3 is 10.6 Å². The molecule has 6 heteroatoms. The molecule has 4 nitrogen and oxygen atoms in total. The number of guanidine groups is 1. The minimum atomic E-state index is 0. The van der Waals surface area contributed by atoms with Crippen molar-refractivity contribution in [3.05, 3.63) is 22.4 Å². The molecule has 0 unspecified atom stereocenters. The normalized spacial score (nSPS) is 21.7. The molecule has 0 amide bonds. The van der Waals surface area contributed by atoms with Crippen molar-refractivity contribution in [2.24, 2.45) is 22.6 Å². The molecule has 0 radical (unpaired) electrons. The van der Waals surface area contributed by atoms with Crippen molar-refractivity contribution < 1.29 is 0 Å². The van der Waals surface area contributed by atoms with Crippen LogP contribution in [-0.2, 0) is 6.54 Å². The van der Waals surface area contributed by atoms with Gasteiger partial charge in [0.1, 0.15) is 0 Å². The Hall–Kier alpha value is -0.340. The number of hydrogen-bond donors (Lipinski definition) is 1. The van der Waals surface area contributed by atoms with E-state index < -0.39 is 0 Å². The number of aliphatic imine (C=N–C) groups is 1. The number of nitrogens with zero attached hydrogens (tertiary/aromatic N) is 3. The lowest BCUT2D eigenvalue weighted by Crippen LogP contribution is -2.43. The zero-order chi connectivity index (χ0) is 16.1. The van der Waals surface area contributed by atoms with Crippen molar-refractivity contribution in [2.75, 3.05) is 32.7 Å². The van der Waals surface area contributed by atoms with Gasteiger partial charge in [0.2, 0.25) is 0 Å². The Balaban J connectivity index is 0.00000208. The lowest BCUT2D eigenvalue weighted by atomic mass is 9.97. The van der Waals surface area contributed by atoms with E-state index in [1.165, 1.54) is 43.6 Å². The molecule has 0 aliphatic carbocycles. The monoisotopic (exact) mass is 462 g/mol. The molecule has 2 fully saturated rings. The molecule has 1 aromatic rings. The van der Waals surface area contributed by atoms with Crippen LogP contribution in [0.1, 0.15) is 37.5 Å².